The molecule has 1 fully saturated rings. The van der Waals surface area contributed by atoms with Crippen molar-refractivity contribution in [2.24, 2.45) is 0 Å². The highest BCUT2D eigenvalue weighted by Gasteiger charge is 2.25. The predicted octanol–water partition coefficient (Wildman–Crippen LogP) is 3.91. The fourth-order valence-electron chi connectivity index (χ4n) is 3.27. The maximum atomic E-state index is 12.4. The number of amides is 2. The van der Waals surface area contributed by atoms with Gasteiger partial charge in [0.05, 0.1) is 19.3 Å². The third kappa shape index (κ3) is 5.34. The van der Waals surface area contributed by atoms with E-state index in [0.29, 0.717) is 25.7 Å². The largest absolute Gasteiger partial charge is 0.465 e. The number of furan rings is 1. The maximum absolute atomic E-state index is 12.4. The van der Waals surface area contributed by atoms with Gasteiger partial charge in [0.15, 0.2) is 0 Å². The van der Waals surface area contributed by atoms with E-state index >= 15 is 0 Å². The zero-order valence-corrected chi connectivity index (χ0v) is 16.3. The summed E-state index contributed by atoms with van der Waals surface area (Å²) in [6.07, 6.45) is 0. The van der Waals surface area contributed by atoms with Crippen LogP contribution in [-0.4, -0.2) is 43.8 Å². The molecule has 6 nitrogen and oxygen atoms in total. The molecule has 1 atom stereocenters. The van der Waals surface area contributed by atoms with E-state index in [9.17, 15) is 4.79 Å². The quantitative estimate of drug-likeness (QED) is 0.808. The zero-order chi connectivity index (χ0) is 19.2. The van der Waals surface area contributed by atoms with Crippen molar-refractivity contribution in [3.8, 4) is 0 Å². The highest BCUT2D eigenvalue weighted by Crippen LogP contribution is 2.23. The van der Waals surface area contributed by atoms with E-state index in [2.05, 4.69) is 35.4 Å². The normalized spacial score (nSPS) is 16.3. The van der Waals surface area contributed by atoms with Gasteiger partial charge in [-0.3, -0.25) is 4.90 Å². The first kappa shape index (κ1) is 19.5. The SMILES string of the molecule is Cc1ccc(C(CNC(=O)Nc2cccc(C(C)C)c2)N2CCOCC2)o1. The number of hydrogen-bond donors (Lipinski definition) is 2. The van der Waals surface area contributed by atoms with E-state index in [1.807, 2.05) is 37.3 Å². The summed E-state index contributed by atoms with van der Waals surface area (Å²) in [5.74, 6) is 2.16. The molecule has 3 rings (SSSR count). The Hall–Kier alpha value is -2.31. The minimum atomic E-state index is -0.211. The number of urea groups is 1. The summed E-state index contributed by atoms with van der Waals surface area (Å²) in [4.78, 5) is 14.7. The van der Waals surface area contributed by atoms with Gasteiger partial charge >= 0.3 is 6.03 Å². The average Bonchev–Trinajstić information content (AvgIpc) is 3.09. The third-order valence-corrected chi connectivity index (χ3v) is 4.84. The second-order valence-electron chi connectivity index (χ2n) is 7.23. The summed E-state index contributed by atoms with van der Waals surface area (Å²) in [6, 6.07) is 11.7. The Morgan fingerprint density at radius 1 is 1.19 bits per heavy atom. The minimum Gasteiger partial charge on any atom is -0.465 e. The second kappa shape index (κ2) is 9.06. The lowest BCUT2D eigenvalue weighted by Gasteiger charge is -2.33. The number of carbonyl (C=O) groups excluding carboxylic acids is 1. The number of nitrogens with zero attached hydrogens (tertiary/aromatic N) is 1. The van der Waals surface area contributed by atoms with Crippen molar-refractivity contribution in [1.29, 1.82) is 0 Å². The summed E-state index contributed by atoms with van der Waals surface area (Å²) in [7, 11) is 0. The molecule has 2 amide bonds. The van der Waals surface area contributed by atoms with Gasteiger partial charge in [0, 0.05) is 25.3 Å². The van der Waals surface area contributed by atoms with Gasteiger partial charge in [-0.15, -0.1) is 0 Å². The molecule has 2 heterocycles. The van der Waals surface area contributed by atoms with Gasteiger partial charge in [-0.1, -0.05) is 26.0 Å². The molecule has 0 aliphatic carbocycles. The molecular formula is C21H29N3O3. The van der Waals surface area contributed by atoms with Crippen LogP contribution in [0.15, 0.2) is 40.8 Å². The molecule has 1 aliphatic heterocycles. The van der Waals surface area contributed by atoms with Crippen molar-refractivity contribution in [2.45, 2.75) is 32.7 Å². The Morgan fingerprint density at radius 2 is 1.96 bits per heavy atom. The standard InChI is InChI=1S/C21H29N3O3/c1-15(2)17-5-4-6-18(13-17)23-21(25)22-14-19(20-8-7-16(3)27-20)24-9-11-26-12-10-24/h4-8,13,15,19H,9-12,14H2,1-3H3,(H2,22,23,25). The first-order chi connectivity index (χ1) is 13.0. The number of ether oxygens (including phenoxy) is 1. The molecule has 1 unspecified atom stereocenters. The molecule has 1 aromatic carbocycles. The molecule has 27 heavy (non-hydrogen) atoms. The average molecular weight is 371 g/mol. The summed E-state index contributed by atoms with van der Waals surface area (Å²) < 4.78 is 11.3. The molecule has 1 aromatic heterocycles. The van der Waals surface area contributed by atoms with Crippen molar-refractivity contribution >= 4 is 11.7 Å². The summed E-state index contributed by atoms with van der Waals surface area (Å²) in [5, 5.41) is 5.92. The molecule has 0 saturated carbocycles. The van der Waals surface area contributed by atoms with Crippen molar-refractivity contribution in [3.05, 3.63) is 53.5 Å². The van der Waals surface area contributed by atoms with Crippen LogP contribution in [0.4, 0.5) is 10.5 Å². The van der Waals surface area contributed by atoms with E-state index in [4.69, 9.17) is 9.15 Å². The molecule has 6 heteroatoms. The fraction of sp³-hybridized carbons (Fsp3) is 0.476. The second-order valence-corrected chi connectivity index (χ2v) is 7.23. The number of benzene rings is 1. The molecule has 0 bridgehead atoms. The van der Waals surface area contributed by atoms with Crippen LogP contribution < -0.4 is 10.6 Å². The number of aryl methyl sites for hydroxylation is 1. The smallest absolute Gasteiger partial charge is 0.319 e. The van der Waals surface area contributed by atoms with Gasteiger partial charge in [-0.2, -0.15) is 0 Å². The van der Waals surface area contributed by atoms with Crippen LogP contribution >= 0.6 is 0 Å². The minimum absolute atomic E-state index is 0.00431. The number of hydrogen-bond acceptors (Lipinski definition) is 4. The summed E-state index contributed by atoms with van der Waals surface area (Å²) in [5.41, 5.74) is 2.00. The summed E-state index contributed by atoms with van der Waals surface area (Å²) >= 11 is 0. The Bertz CT molecular complexity index is 751. The van der Waals surface area contributed by atoms with Gasteiger partial charge in [0.2, 0.25) is 0 Å². The Kier molecular flexibility index (Phi) is 6.53. The van der Waals surface area contributed by atoms with Crippen molar-refractivity contribution in [3.63, 3.8) is 0 Å². The Balaban J connectivity index is 1.62. The van der Waals surface area contributed by atoms with Gasteiger partial charge in [-0.25, -0.2) is 4.79 Å². The van der Waals surface area contributed by atoms with E-state index in [0.717, 1.165) is 30.3 Å². The van der Waals surface area contributed by atoms with Crippen LogP contribution in [0.5, 0.6) is 0 Å². The molecule has 1 aliphatic rings. The van der Waals surface area contributed by atoms with Crippen LogP contribution in [0.2, 0.25) is 0 Å². The van der Waals surface area contributed by atoms with Crippen LogP contribution in [0, 0.1) is 6.92 Å². The molecular weight excluding hydrogens is 342 g/mol. The highest BCUT2D eigenvalue weighted by molar-refractivity contribution is 5.89. The van der Waals surface area contributed by atoms with Crippen molar-refractivity contribution in [1.82, 2.24) is 10.2 Å². The topological polar surface area (TPSA) is 66.7 Å². The monoisotopic (exact) mass is 371 g/mol. The Labute approximate surface area is 160 Å². The van der Waals surface area contributed by atoms with Crippen molar-refractivity contribution < 1.29 is 13.9 Å². The zero-order valence-electron chi connectivity index (χ0n) is 16.3. The summed E-state index contributed by atoms with van der Waals surface area (Å²) in [6.45, 7) is 9.72. The first-order valence-corrected chi connectivity index (χ1v) is 9.56. The van der Waals surface area contributed by atoms with Gasteiger partial charge in [0.25, 0.3) is 0 Å². The van der Waals surface area contributed by atoms with Crippen LogP contribution in [0.1, 0.15) is 42.9 Å². The van der Waals surface area contributed by atoms with Crippen LogP contribution in [0.25, 0.3) is 0 Å². The molecule has 2 N–H and O–H groups in total. The Morgan fingerprint density at radius 3 is 2.63 bits per heavy atom. The predicted molar refractivity (Wildman–Crippen MR) is 106 cm³/mol. The first-order valence-electron chi connectivity index (χ1n) is 9.56. The number of carbonyl (C=O) groups is 1. The number of nitrogens with one attached hydrogen (secondary N) is 2. The lowest BCUT2D eigenvalue weighted by Crippen LogP contribution is -2.44. The van der Waals surface area contributed by atoms with Gasteiger partial charge < -0.3 is 19.8 Å². The highest BCUT2D eigenvalue weighted by atomic mass is 16.5. The van der Waals surface area contributed by atoms with Gasteiger partial charge in [-0.05, 0) is 42.7 Å². The van der Waals surface area contributed by atoms with E-state index < -0.39 is 0 Å². The van der Waals surface area contributed by atoms with E-state index in [-0.39, 0.29) is 12.1 Å². The molecule has 1 saturated heterocycles. The van der Waals surface area contributed by atoms with E-state index in [1.54, 1.807) is 0 Å². The third-order valence-electron chi connectivity index (χ3n) is 4.84. The maximum Gasteiger partial charge on any atom is 0.319 e. The van der Waals surface area contributed by atoms with Crippen LogP contribution in [-0.2, 0) is 4.74 Å². The van der Waals surface area contributed by atoms with Crippen molar-refractivity contribution in [2.75, 3.05) is 38.2 Å². The van der Waals surface area contributed by atoms with Gasteiger partial charge in [0.1, 0.15) is 11.5 Å². The van der Waals surface area contributed by atoms with Crippen LogP contribution in [0.3, 0.4) is 0 Å². The lowest BCUT2D eigenvalue weighted by molar-refractivity contribution is 0.0122. The molecule has 0 radical (unpaired) electrons. The number of anilines is 1. The van der Waals surface area contributed by atoms with E-state index in [1.165, 1.54) is 5.56 Å². The number of rotatable bonds is 6. The molecule has 146 valence electrons. The lowest BCUT2D eigenvalue weighted by atomic mass is 10.0. The number of morpholine rings is 1. The molecule has 2 aromatic rings. The fourth-order valence-corrected chi connectivity index (χ4v) is 3.27. The molecule has 0 spiro atoms.